The van der Waals surface area contributed by atoms with Crippen LogP contribution in [0, 0.1) is 0 Å². The molecule has 0 bridgehead atoms. The molecule has 1 aliphatic rings. The second-order valence-corrected chi connectivity index (χ2v) is 6.26. The maximum atomic E-state index is 12.7. The van der Waals surface area contributed by atoms with Gasteiger partial charge in [0.05, 0.1) is 12.2 Å². The summed E-state index contributed by atoms with van der Waals surface area (Å²) in [5.74, 6) is -0.413. The first kappa shape index (κ1) is 17.2. The Morgan fingerprint density at radius 2 is 2.13 bits per heavy atom. The van der Waals surface area contributed by atoms with Crippen LogP contribution in [0.2, 0.25) is 0 Å². The maximum absolute atomic E-state index is 12.7. The van der Waals surface area contributed by atoms with Gasteiger partial charge < -0.3 is 16.4 Å². The van der Waals surface area contributed by atoms with Crippen molar-refractivity contribution in [2.75, 3.05) is 13.1 Å². The summed E-state index contributed by atoms with van der Waals surface area (Å²) in [5.41, 5.74) is 13.2. The van der Waals surface area contributed by atoms with E-state index in [0.717, 1.165) is 16.5 Å². The van der Waals surface area contributed by atoms with Gasteiger partial charge in [-0.3, -0.25) is 9.59 Å². The number of primary amides is 1. The number of carbonyl (C=O) groups is 2. The first-order valence-electron chi connectivity index (χ1n) is 7.31. The van der Waals surface area contributed by atoms with Crippen LogP contribution in [0.1, 0.15) is 25.3 Å². The highest BCUT2D eigenvalue weighted by Gasteiger charge is 2.22. The van der Waals surface area contributed by atoms with Gasteiger partial charge in [0.1, 0.15) is 5.84 Å². The summed E-state index contributed by atoms with van der Waals surface area (Å²) in [7, 11) is 0. The number of fused-ring (bicyclic) bond motifs is 1. The van der Waals surface area contributed by atoms with E-state index in [9.17, 15) is 9.59 Å². The molecule has 0 atom stereocenters. The van der Waals surface area contributed by atoms with Crippen molar-refractivity contribution < 1.29 is 9.59 Å². The van der Waals surface area contributed by atoms with E-state index in [1.807, 2.05) is 25.1 Å². The van der Waals surface area contributed by atoms with Crippen LogP contribution in [-0.2, 0) is 9.59 Å². The third kappa shape index (κ3) is 4.41. The standard InChI is InChI=1S/C16H19BrN4O2/c1-2-5-21(9-15(19)22)16(23)11-6-10-7-12(17)3-4-13(10)20-14(18)8-11/h3-4,6-7H,2,5,8-9H2,1H3,(H2,18,20)(H2,19,22). The summed E-state index contributed by atoms with van der Waals surface area (Å²) in [4.78, 5) is 29.7. The lowest BCUT2D eigenvalue weighted by Crippen LogP contribution is -2.40. The van der Waals surface area contributed by atoms with E-state index in [4.69, 9.17) is 11.5 Å². The number of rotatable bonds is 5. The minimum absolute atomic E-state index is 0.105. The molecule has 1 aromatic rings. The zero-order valence-corrected chi connectivity index (χ0v) is 14.5. The number of carbonyl (C=O) groups excluding carboxylic acids is 2. The van der Waals surface area contributed by atoms with Crippen LogP contribution in [0.15, 0.2) is 33.2 Å². The van der Waals surface area contributed by atoms with Crippen LogP contribution < -0.4 is 11.5 Å². The Morgan fingerprint density at radius 1 is 1.39 bits per heavy atom. The van der Waals surface area contributed by atoms with Gasteiger partial charge in [-0.05, 0) is 30.7 Å². The normalized spacial score (nSPS) is 13.5. The molecule has 2 rings (SSSR count). The highest BCUT2D eigenvalue weighted by molar-refractivity contribution is 9.10. The Labute approximate surface area is 143 Å². The topological polar surface area (TPSA) is 102 Å². The van der Waals surface area contributed by atoms with Crippen LogP contribution in [0.25, 0.3) is 6.08 Å². The van der Waals surface area contributed by atoms with Gasteiger partial charge in [-0.2, -0.15) is 0 Å². The Kier molecular flexibility index (Phi) is 5.54. The van der Waals surface area contributed by atoms with Crippen molar-refractivity contribution in [1.29, 1.82) is 0 Å². The number of amidine groups is 1. The SMILES string of the molecule is CCCN(CC(N)=O)C(=O)C1=Cc2cc(Br)ccc2N=C(N)C1. The molecule has 0 unspecified atom stereocenters. The van der Waals surface area contributed by atoms with Crippen molar-refractivity contribution in [2.24, 2.45) is 16.5 Å². The molecule has 23 heavy (non-hydrogen) atoms. The highest BCUT2D eigenvalue weighted by atomic mass is 79.9. The molecule has 122 valence electrons. The van der Waals surface area contributed by atoms with Gasteiger partial charge in [-0.1, -0.05) is 22.9 Å². The van der Waals surface area contributed by atoms with Crippen molar-refractivity contribution in [1.82, 2.24) is 4.90 Å². The van der Waals surface area contributed by atoms with E-state index in [-0.39, 0.29) is 18.9 Å². The largest absolute Gasteiger partial charge is 0.387 e. The van der Waals surface area contributed by atoms with Gasteiger partial charge in [0, 0.05) is 28.6 Å². The molecule has 1 aromatic carbocycles. The number of aliphatic imine (C=N–C) groups is 1. The first-order chi connectivity index (χ1) is 10.9. The van der Waals surface area contributed by atoms with Crippen molar-refractivity contribution in [3.63, 3.8) is 0 Å². The molecular weight excluding hydrogens is 360 g/mol. The molecule has 2 amide bonds. The highest BCUT2D eigenvalue weighted by Crippen LogP contribution is 2.29. The number of nitrogens with zero attached hydrogens (tertiary/aromatic N) is 2. The molecule has 0 aliphatic carbocycles. The van der Waals surface area contributed by atoms with E-state index < -0.39 is 5.91 Å². The predicted octanol–water partition coefficient (Wildman–Crippen LogP) is 1.95. The van der Waals surface area contributed by atoms with Crippen molar-refractivity contribution in [3.8, 4) is 0 Å². The minimum Gasteiger partial charge on any atom is -0.387 e. The molecule has 4 N–H and O–H groups in total. The van der Waals surface area contributed by atoms with Crippen LogP contribution in [0.4, 0.5) is 5.69 Å². The van der Waals surface area contributed by atoms with Crippen LogP contribution >= 0.6 is 15.9 Å². The Hall–Kier alpha value is -2.15. The fraction of sp³-hybridized carbons (Fsp3) is 0.312. The lowest BCUT2D eigenvalue weighted by molar-refractivity contribution is -0.132. The van der Waals surface area contributed by atoms with Gasteiger partial charge in [-0.25, -0.2) is 4.99 Å². The molecule has 0 radical (unpaired) electrons. The first-order valence-corrected chi connectivity index (χ1v) is 8.10. The van der Waals surface area contributed by atoms with Crippen molar-refractivity contribution in [2.45, 2.75) is 19.8 Å². The molecule has 6 nitrogen and oxygen atoms in total. The summed E-state index contributed by atoms with van der Waals surface area (Å²) in [5, 5.41) is 0. The summed E-state index contributed by atoms with van der Waals surface area (Å²) < 4.78 is 0.887. The number of benzene rings is 1. The molecular formula is C16H19BrN4O2. The van der Waals surface area contributed by atoms with Crippen LogP contribution in [0.3, 0.4) is 0 Å². The lowest BCUT2D eigenvalue weighted by Gasteiger charge is -2.21. The molecule has 7 heteroatoms. The Balaban J connectivity index is 2.39. The van der Waals surface area contributed by atoms with E-state index in [1.54, 1.807) is 6.08 Å². The predicted molar refractivity (Wildman–Crippen MR) is 94.1 cm³/mol. The zero-order valence-electron chi connectivity index (χ0n) is 12.9. The third-order valence-electron chi connectivity index (χ3n) is 3.36. The van der Waals surface area contributed by atoms with E-state index >= 15 is 0 Å². The molecule has 1 aliphatic heterocycles. The summed E-state index contributed by atoms with van der Waals surface area (Å²) in [6, 6.07) is 5.58. The molecule has 0 saturated heterocycles. The van der Waals surface area contributed by atoms with Crippen molar-refractivity contribution in [3.05, 3.63) is 33.8 Å². The monoisotopic (exact) mass is 378 g/mol. The van der Waals surface area contributed by atoms with Crippen LogP contribution in [-0.4, -0.2) is 35.6 Å². The Morgan fingerprint density at radius 3 is 2.78 bits per heavy atom. The summed E-state index contributed by atoms with van der Waals surface area (Å²) in [6.45, 7) is 2.29. The molecule has 0 fully saturated rings. The van der Waals surface area contributed by atoms with Gasteiger partial charge in [0.25, 0.3) is 5.91 Å². The maximum Gasteiger partial charge on any atom is 0.250 e. The second-order valence-electron chi connectivity index (χ2n) is 5.35. The van der Waals surface area contributed by atoms with Gasteiger partial charge >= 0.3 is 0 Å². The van der Waals surface area contributed by atoms with Gasteiger partial charge in [0.2, 0.25) is 5.91 Å². The van der Waals surface area contributed by atoms with Crippen LogP contribution in [0.5, 0.6) is 0 Å². The number of hydrogen-bond donors (Lipinski definition) is 2. The summed E-state index contributed by atoms with van der Waals surface area (Å²) in [6.07, 6.45) is 2.75. The van der Waals surface area contributed by atoms with E-state index in [0.29, 0.717) is 23.6 Å². The Bertz CT molecular complexity index is 697. The average Bonchev–Trinajstić information content (AvgIpc) is 2.63. The third-order valence-corrected chi connectivity index (χ3v) is 3.85. The number of nitrogens with two attached hydrogens (primary N) is 2. The minimum atomic E-state index is -0.536. The fourth-order valence-corrected chi connectivity index (χ4v) is 2.80. The molecule has 0 saturated carbocycles. The smallest absolute Gasteiger partial charge is 0.250 e. The fourth-order valence-electron chi connectivity index (χ4n) is 2.42. The molecule has 1 heterocycles. The molecule has 0 spiro atoms. The summed E-state index contributed by atoms with van der Waals surface area (Å²) >= 11 is 3.41. The van der Waals surface area contributed by atoms with Gasteiger partial charge in [-0.15, -0.1) is 0 Å². The average molecular weight is 379 g/mol. The van der Waals surface area contributed by atoms with E-state index in [2.05, 4.69) is 20.9 Å². The molecule has 0 aromatic heterocycles. The van der Waals surface area contributed by atoms with E-state index in [1.165, 1.54) is 4.90 Å². The second kappa shape index (κ2) is 7.41. The number of halogens is 1. The quantitative estimate of drug-likeness (QED) is 0.818. The number of hydrogen-bond acceptors (Lipinski definition) is 4. The van der Waals surface area contributed by atoms with Crippen molar-refractivity contribution >= 4 is 45.3 Å². The lowest BCUT2D eigenvalue weighted by atomic mass is 10.1. The number of amides is 2. The zero-order chi connectivity index (χ0) is 17.0. The van der Waals surface area contributed by atoms with Gasteiger partial charge in [0.15, 0.2) is 0 Å².